The Morgan fingerprint density at radius 2 is 2.11 bits per heavy atom. The molecule has 1 heterocycles. The van der Waals surface area contributed by atoms with E-state index in [0.29, 0.717) is 25.9 Å². The summed E-state index contributed by atoms with van der Waals surface area (Å²) < 4.78 is 4.56. The van der Waals surface area contributed by atoms with Crippen molar-refractivity contribution in [2.24, 2.45) is 5.92 Å². The Balaban J connectivity index is 2.48. The molecule has 0 aromatic carbocycles. The number of carbonyl (C=O) groups is 3. The minimum atomic E-state index is -0.701. The van der Waals surface area contributed by atoms with E-state index in [4.69, 9.17) is 0 Å². The molecule has 1 unspecified atom stereocenters. The Hall–Kier alpha value is -1.43. The normalized spacial score (nSPS) is 20.1. The zero-order valence-corrected chi connectivity index (χ0v) is 11.1. The second-order valence-corrected chi connectivity index (χ2v) is 4.70. The molecule has 0 spiro atoms. The van der Waals surface area contributed by atoms with Gasteiger partial charge in [0.05, 0.1) is 13.7 Å². The molecule has 0 aliphatic carbocycles. The van der Waals surface area contributed by atoms with E-state index in [2.05, 4.69) is 4.74 Å². The molecule has 1 aliphatic rings. The van der Waals surface area contributed by atoms with Crippen LogP contribution in [-0.4, -0.2) is 68.3 Å². The summed E-state index contributed by atoms with van der Waals surface area (Å²) in [5.41, 5.74) is 0. The lowest BCUT2D eigenvalue weighted by atomic mass is 9.95. The number of hydrogen-bond acceptors (Lipinski definition) is 5. The van der Waals surface area contributed by atoms with Crippen LogP contribution < -0.4 is 0 Å². The van der Waals surface area contributed by atoms with E-state index >= 15 is 0 Å². The summed E-state index contributed by atoms with van der Waals surface area (Å²) in [6.45, 7) is 1.12. The summed E-state index contributed by atoms with van der Waals surface area (Å²) in [5, 5.41) is 0. The highest BCUT2D eigenvalue weighted by atomic mass is 16.5. The maximum absolute atomic E-state index is 11.8. The summed E-state index contributed by atoms with van der Waals surface area (Å²) in [6, 6.07) is 0. The van der Waals surface area contributed by atoms with Crippen molar-refractivity contribution < 1.29 is 19.1 Å². The van der Waals surface area contributed by atoms with E-state index in [9.17, 15) is 14.4 Å². The highest BCUT2D eigenvalue weighted by Crippen LogP contribution is 2.16. The quantitative estimate of drug-likeness (QED) is 0.502. The molecular weight excluding hydrogens is 236 g/mol. The fraction of sp³-hybridized carbons (Fsp3) is 0.750. The van der Waals surface area contributed by atoms with E-state index in [-0.39, 0.29) is 18.2 Å². The third-order valence-corrected chi connectivity index (χ3v) is 3.03. The van der Waals surface area contributed by atoms with Crippen LogP contribution in [0.5, 0.6) is 0 Å². The molecular formula is C12H20N2O4. The molecule has 1 aliphatic heterocycles. The molecule has 102 valence electrons. The molecule has 0 N–H and O–H groups in total. The molecule has 6 heteroatoms. The Labute approximate surface area is 107 Å². The van der Waals surface area contributed by atoms with Crippen molar-refractivity contribution in [1.29, 1.82) is 0 Å². The van der Waals surface area contributed by atoms with Gasteiger partial charge >= 0.3 is 5.97 Å². The Kier molecular flexibility index (Phi) is 5.27. The molecule has 1 amide bonds. The first-order valence-electron chi connectivity index (χ1n) is 5.98. The molecule has 1 saturated heterocycles. The number of nitrogens with zero attached hydrogens (tertiary/aromatic N) is 2. The van der Waals surface area contributed by atoms with Gasteiger partial charge in [0.15, 0.2) is 5.78 Å². The first-order chi connectivity index (χ1) is 8.45. The van der Waals surface area contributed by atoms with Crippen LogP contribution in [0.1, 0.15) is 12.8 Å². The Morgan fingerprint density at radius 3 is 2.61 bits per heavy atom. The molecule has 6 nitrogen and oxygen atoms in total. The average molecular weight is 256 g/mol. The molecule has 0 radical (unpaired) electrons. The van der Waals surface area contributed by atoms with Crippen molar-refractivity contribution in [1.82, 2.24) is 9.80 Å². The predicted molar refractivity (Wildman–Crippen MR) is 64.9 cm³/mol. The van der Waals surface area contributed by atoms with Crippen molar-refractivity contribution >= 4 is 17.7 Å². The second-order valence-electron chi connectivity index (χ2n) is 4.70. The maximum Gasteiger partial charge on any atom is 0.316 e. The number of amides is 1. The van der Waals surface area contributed by atoms with Crippen LogP contribution in [0, 0.1) is 5.92 Å². The van der Waals surface area contributed by atoms with Gasteiger partial charge < -0.3 is 14.5 Å². The number of methoxy groups -OCH3 is 1. The summed E-state index contributed by atoms with van der Waals surface area (Å²) >= 11 is 0. The average Bonchev–Trinajstić information content (AvgIpc) is 2.34. The molecule has 0 aromatic heterocycles. The lowest BCUT2D eigenvalue weighted by Crippen LogP contribution is -2.47. The SMILES string of the molecule is COC(=O)C1CCN(C(=O)CCN(C)C)CC1=O. The number of Topliss-reactive ketones (excluding diaryl/α,β-unsaturated/α-hetero) is 1. The second kappa shape index (κ2) is 6.49. The van der Waals surface area contributed by atoms with Crippen LogP contribution in [0.4, 0.5) is 0 Å². The molecule has 18 heavy (non-hydrogen) atoms. The fourth-order valence-corrected chi connectivity index (χ4v) is 1.91. The number of likely N-dealkylation sites (tertiary alicyclic amines) is 1. The van der Waals surface area contributed by atoms with Crippen molar-refractivity contribution in [2.75, 3.05) is 40.8 Å². The van der Waals surface area contributed by atoms with E-state index in [1.54, 1.807) is 0 Å². The van der Waals surface area contributed by atoms with Crippen LogP contribution in [0.2, 0.25) is 0 Å². The van der Waals surface area contributed by atoms with Crippen molar-refractivity contribution in [3.8, 4) is 0 Å². The van der Waals surface area contributed by atoms with Gasteiger partial charge in [-0.1, -0.05) is 0 Å². The van der Waals surface area contributed by atoms with Crippen LogP contribution in [0.15, 0.2) is 0 Å². The minimum absolute atomic E-state index is 0.0199. The number of esters is 1. The van der Waals surface area contributed by atoms with Crippen LogP contribution in [0.25, 0.3) is 0 Å². The number of hydrogen-bond donors (Lipinski definition) is 0. The topological polar surface area (TPSA) is 66.9 Å². The minimum Gasteiger partial charge on any atom is -0.468 e. The zero-order chi connectivity index (χ0) is 13.7. The number of ether oxygens (including phenoxy) is 1. The van der Waals surface area contributed by atoms with Crippen molar-refractivity contribution in [3.63, 3.8) is 0 Å². The highest BCUT2D eigenvalue weighted by Gasteiger charge is 2.34. The van der Waals surface area contributed by atoms with Gasteiger partial charge in [0.1, 0.15) is 5.92 Å². The first kappa shape index (κ1) is 14.6. The van der Waals surface area contributed by atoms with Gasteiger partial charge in [0, 0.05) is 19.5 Å². The highest BCUT2D eigenvalue weighted by molar-refractivity contribution is 6.01. The summed E-state index contributed by atoms with van der Waals surface area (Å²) in [7, 11) is 5.05. The lowest BCUT2D eigenvalue weighted by Gasteiger charge is -2.30. The van der Waals surface area contributed by atoms with Crippen LogP contribution in [0.3, 0.4) is 0 Å². The van der Waals surface area contributed by atoms with Crippen molar-refractivity contribution in [3.05, 3.63) is 0 Å². The van der Waals surface area contributed by atoms with Gasteiger partial charge in [-0.25, -0.2) is 0 Å². The van der Waals surface area contributed by atoms with Crippen LogP contribution in [-0.2, 0) is 19.1 Å². The predicted octanol–water partition coefficient (Wildman–Crippen LogP) is -0.471. The largest absolute Gasteiger partial charge is 0.468 e. The van der Waals surface area contributed by atoms with Gasteiger partial charge in [0.25, 0.3) is 0 Å². The monoisotopic (exact) mass is 256 g/mol. The molecule has 1 fully saturated rings. The Bertz CT molecular complexity index is 341. The summed E-state index contributed by atoms with van der Waals surface area (Å²) in [6.07, 6.45) is 0.752. The molecule has 1 atom stereocenters. The smallest absolute Gasteiger partial charge is 0.316 e. The van der Waals surface area contributed by atoms with Gasteiger partial charge in [0.2, 0.25) is 5.91 Å². The third kappa shape index (κ3) is 3.80. The van der Waals surface area contributed by atoms with E-state index in [0.717, 1.165) is 0 Å². The standard InChI is InChI=1S/C12H20N2O4/c1-13(2)6-5-11(16)14-7-4-9(10(15)8-14)12(17)18-3/h9H,4-8H2,1-3H3. The fourth-order valence-electron chi connectivity index (χ4n) is 1.91. The third-order valence-electron chi connectivity index (χ3n) is 3.03. The number of ketones is 1. The summed E-state index contributed by atoms with van der Waals surface area (Å²) in [5.74, 6) is -1.47. The van der Waals surface area contributed by atoms with Gasteiger partial charge in [-0.05, 0) is 20.5 Å². The van der Waals surface area contributed by atoms with Gasteiger partial charge in [-0.3, -0.25) is 14.4 Å². The summed E-state index contributed by atoms with van der Waals surface area (Å²) in [4.78, 5) is 38.3. The van der Waals surface area contributed by atoms with Gasteiger partial charge in [-0.15, -0.1) is 0 Å². The van der Waals surface area contributed by atoms with Gasteiger partial charge in [-0.2, -0.15) is 0 Å². The first-order valence-corrected chi connectivity index (χ1v) is 5.98. The van der Waals surface area contributed by atoms with Crippen LogP contribution >= 0.6 is 0 Å². The Morgan fingerprint density at radius 1 is 1.44 bits per heavy atom. The number of piperidine rings is 1. The number of rotatable bonds is 4. The number of carbonyl (C=O) groups excluding carboxylic acids is 3. The maximum atomic E-state index is 11.8. The molecule has 0 saturated carbocycles. The molecule has 1 rings (SSSR count). The zero-order valence-electron chi connectivity index (χ0n) is 11.1. The molecule has 0 bridgehead atoms. The van der Waals surface area contributed by atoms with E-state index in [1.165, 1.54) is 12.0 Å². The lowest BCUT2D eigenvalue weighted by molar-refractivity contribution is -0.154. The van der Waals surface area contributed by atoms with E-state index in [1.807, 2.05) is 19.0 Å². The van der Waals surface area contributed by atoms with E-state index < -0.39 is 11.9 Å². The molecule has 0 aromatic rings. The van der Waals surface area contributed by atoms with Crippen molar-refractivity contribution in [2.45, 2.75) is 12.8 Å².